The van der Waals surface area contributed by atoms with E-state index in [0.29, 0.717) is 41.4 Å². The number of amides is 1. The number of hydrogen-bond donors (Lipinski definition) is 0. The second kappa shape index (κ2) is 10.0. The Morgan fingerprint density at radius 2 is 2.00 bits per heavy atom. The van der Waals surface area contributed by atoms with Crippen LogP contribution in [0.5, 0.6) is 5.75 Å². The number of aryl methyl sites for hydroxylation is 2. The van der Waals surface area contributed by atoms with Crippen molar-refractivity contribution < 1.29 is 13.9 Å². The lowest BCUT2D eigenvalue weighted by Gasteiger charge is -2.54. The van der Waals surface area contributed by atoms with Crippen molar-refractivity contribution in [3.05, 3.63) is 63.0 Å². The van der Waals surface area contributed by atoms with E-state index in [-0.39, 0.29) is 18.4 Å². The van der Waals surface area contributed by atoms with E-state index in [1.807, 2.05) is 32.9 Å². The van der Waals surface area contributed by atoms with Crippen molar-refractivity contribution >= 4 is 16.9 Å². The summed E-state index contributed by atoms with van der Waals surface area (Å²) >= 11 is 0. The third kappa shape index (κ3) is 4.41. The maximum atomic E-state index is 13.9. The van der Waals surface area contributed by atoms with Crippen LogP contribution in [-0.4, -0.2) is 54.0 Å². The predicted octanol–water partition coefficient (Wildman–Crippen LogP) is 5.33. The summed E-state index contributed by atoms with van der Waals surface area (Å²) in [5.41, 5.74) is 4.58. The number of fused-ring (bicyclic) bond motifs is 7. The van der Waals surface area contributed by atoms with E-state index in [4.69, 9.17) is 9.15 Å². The molecule has 2 aromatic rings. The molecule has 4 atom stereocenters. The quantitative estimate of drug-likeness (QED) is 0.397. The molecule has 1 aromatic heterocycles. The van der Waals surface area contributed by atoms with Crippen molar-refractivity contribution in [2.24, 2.45) is 11.8 Å². The van der Waals surface area contributed by atoms with Gasteiger partial charge in [-0.05, 0) is 94.5 Å². The molecule has 6 nitrogen and oxygen atoms in total. The predicted molar refractivity (Wildman–Crippen MR) is 150 cm³/mol. The van der Waals surface area contributed by atoms with Crippen LogP contribution >= 0.6 is 0 Å². The third-order valence-corrected chi connectivity index (χ3v) is 9.43. The first-order chi connectivity index (χ1) is 18.3. The van der Waals surface area contributed by atoms with Gasteiger partial charge < -0.3 is 14.1 Å². The molecule has 0 unspecified atom stereocenters. The Morgan fingerprint density at radius 1 is 1.16 bits per heavy atom. The molecule has 1 aromatic carbocycles. The van der Waals surface area contributed by atoms with Gasteiger partial charge in [0.15, 0.2) is 0 Å². The van der Waals surface area contributed by atoms with Crippen molar-refractivity contribution in [3.8, 4) is 5.75 Å². The van der Waals surface area contributed by atoms with E-state index in [0.717, 1.165) is 48.0 Å². The fourth-order valence-electron chi connectivity index (χ4n) is 7.64. The average Bonchev–Trinajstić information content (AvgIpc) is 2.90. The number of ether oxygens (including phenoxy) is 1. The van der Waals surface area contributed by atoms with Crippen LogP contribution in [0.3, 0.4) is 0 Å². The van der Waals surface area contributed by atoms with Gasteiger partial charge in [0.05, 0.1) is 18.0 Å². The Hall–Kier alpha value is -2.86. The Bertz CT molecular complexity index is 1370. The van der Waals surface area contributed by atoms with Gasteiger partial charge in [-0.15, -0.1) is 0 Å². The molecule has 2 bridgehead atoms. The molecule has 4 heterocycles. The highest BCUT2D eigenvalue weighted by Gasteiger charge is 2.46. The third-order valence-electron chi connectivity index (χ3n) is 9.43. The zero-order chi connectivity index (χ0) is 26.6. The zero-order valence-corrected chi connectivity index (χ0v) is 23.1. The van der Waals surface area contributed by atoms with Gasteiger partial charge in [0.2, 0.25) is 5.91 Å². The summed E-state index contributed by atoms with van der Waals surface area (Å²) in [7, 11) is 0. The Labute approximate surface area is 225 Å². The number of carbonyl (C=O) groups excluding carboxylic acids is 1. The summed E-state index contributed by atoms with van der Waals surface area (Å²) in [4.78, 5) is 31.9. The highest BCUT2D eigenvalue weighted by molar-refractivity contribution is 5.87. The molecule has 3 saturated heterocycles. The standard InChI is InChI=1S/C32H40N2O4/c1-19(2)18-37-28-11-10-25-20(3)26(32(36)38-31(25)21(28)4)16-29(35)34-13-7-8-22-14-23-15-24(30(22)34)17-33-12-6-5-9-27(23)33/h10-11,14,23-24,27,30H,1,5-9,12-13,15-18H2,2-4H3/t23-,24+,27+,30+/m0/s1. The Kier molecular flexibility index (Phi) is 6.71. The molecule has 0 N–H and O–H groups in total. The number of benzene rings is 1. The molecular formula is C32H40N2O4. The summed E-state index contributed by atoms with van der Waals surface area (Å²) < 4.78 is 11.7. The maximum Gasteiger partial charge on any atom is 0.340 e. The van der Waals surface area contributed by atoms with E-state index in [2.05, 4.69) is 22.5 Å². The number of nitrogens with zero attached hydrogens (tertiary/aromatic N) is 2. The summed E-state index contributed by atoms with van der Waals surface area (Å²) in [6, 6.07) is 4.72. The number of likely N-dealkylation sites (tertiary alicyclic amines) is 1. The highest BCUT2D eigenvalue weighted by Crippen LogP contribution is 2.45. The molecule has 202 valence electrons. The molecule has 3 fully saturated rings. The Balaban J connectivity index is 1.27. The van der Waals surface area contributed by atoms with Crippen molar-refractivity contribution in [3.63, 3.8) is 0 Å². The monoisotopic (exact) mass is 516 g/mol. The molecular weight excluding hydrogens is 476 g/mol. The van der Waals surface area contributed by atoms with Gasteiger partial charge in [-0.3, -0.25) is 9.69 Å². The van der Waals surface area contributed by atoms with Gasteiger partial charge in [0.1, 0.15) is 17.9 Å². The van der Waals surface area contributed by atoms with E-state index in [1.54, 1.807) is 0 Å². The van der Waals surface area contributed by atoms with Crippen LogP contribution in [0.2, 0.25) is 0 Å². The number of rotatable bonds is 5. The lowest BCUT2D eigenvalue weighted by Crippen LogP contribution is -2.60. The van der Waals surface area contributed by atoms with Crippen molar-refractivity contribution in [2.45, 2.75) is 77.8 Å². The topological polar surface area (TPSA) is 63.0 Å². The van der Waals surface area contributed by atoms with Gasteiger partial charge in [-0.2, -0.15) is 0 Å². The van der Waals surface area contributed by atoms with Gasteiger partial charge >= 0.3 is 5.63 Å². The van der Waals surface area contributed by atoms with Crippen LogP contribution < -0.4 is 10.4 Å². The van der Waals surface area contributed by atoms with Crippen LogP contribution in [-0.2, 0) is 11.2 Å². The highest BCUT2D eigenvalue weighted by atomic mass is 16.5. The van der Waals surface area contributed by atoms with Gasteiger partial charge in [-0.1, -0.05) is 24.6 Å². The normalized spacial score (nSPS) is 26.9. The second-order valence-electron chi connectivity index (χ2n) is 12.1. The number of piperidine rings is 3. The molecule has 6 heteroatoms. The molecule has 3 aliphatic heterocycles. The average molecular weight is 517 g/mol. The van der Waals surface area contributed by atoms with E-state index < -0.39 is 5.63 Å². The molecule has 38 heavy (non-hydrogen) atoms. The van der Waals surface area contributed by atoms with Crippen LogP contribution in [0.1, 0.15) is 62.1 Å². The minimum absolute atomic E-state index is 0.0488. The van der Waals surface area contributed by atoms with Gasteiger partial charge in [-0.25, -0.2) is 4.79 Å². The van der Waals surface area contributed by atoms with E-state index in [9.17, 15) is 9.59 Å². The van der Waals surface area contributed by atoms with E-state index in [1.165, 1.54) is 37.8 Å². The first-order valence-corrected chi connectivity index (χ1v) is 14.4. The molecule has 1 amide bonds. The smallest absolute Gasteiger partial charge is 0.340 e. The molecule has 4 aliphatic rings. The molecule has 0 spiro atoms. The van der Waals surface area contributed by atoms with E-state index >= 15 is 0 Å². The van der Waals surface area contributed by atoms with Crippen LogP contribution in [0.4, 0.5) is 0 Å². The van der Waals surface area contributed by atoms with Crippen LogP contribution in [0.15, 0.2) is 45.1 Å². The first-order valence-electron chi connectivity index (χ1n) is 14.4. The second-order valence-corrected chi connectivity index (χ2v) is 12.1. The molecule has 6 rings (SSSR count). The summed E-state index contributed by atoms with van der Waals surface area (Å²) in [5, 5.41) is 0.857. The minimum atomic E-state index is -0.422. The summed E-state index contributed by atoms with van der Waals surface area (Å²) in [6.07, 6.45) is 9.85. The molecule has 0 radical (unpaired) electrons. The fourth-order valence-corrected chi connectivity index (χ4v) is 7.64. The number of carbonyl (C=O) groups is 1. The minimum Gasteiger partial charge on any atom is -0.489 e. The van der Waals surface area contributed by atoms with Crippen molar-refractivity contribution in [1.29, 1.82) is 0 Å². The largest absolute Gasteiger partial charge is 0.489 e. The SMILES string of the molecule is C=C(C)COc1ccc2c(C)c(CC(=O)N3CCCC4=C[C@H]5C[C@H](CN6CCCC[C@H]56)[C@@H]43)c(=O)oc2c1C. The number of hydrogen-bond acceptors (Lipinski definition) is 5. The first kappa shape index (κ1) is 25.4. The van der Waals surface area contributed by atoms with Crippen LogP contribution in [0.25, 0.3) is 11.0 Å². The van der Waals surface area contributed by atoms with Crippen molar-refractivity contribution in [2.75, 3.05) is 26.2 Å². The van der Waals surface area contributed by atoms with Gasteiger partial charge in [0, 0.05) is 30.1 Å². The summed E-state index contributed by atoms with van der Waals surface area (Å²) in [6.45, 7) is 13.1. The zero-order valence-electron chi connectivity index (χ0n) is 23.1. The molecule has 1 aliphatic carbocycles. The summed E-state index contributed by atoms with van der Waals surface area (Å²) in [5.74, 6) is 1.86. The lowest BCUT2D eigenvalue weighted by atomic mass is 9.68. The fraction of sp³-hybridized carbons (Fsp3) is 0.562. The van der Waals surface area contributed by atoms with Crippen LogP contribution in [0, 0.1) is 25.7 Å². The lowest BCUT2D eigenvalue weighted by molar-refractivity contribution is -0.135. The Morgan fingerprint density at radius 3 is 2.82 bits per heavy atom. The van der Waals surface area contributed by atoms with Crippen molar-refractivity contribution in [1.82, 2.24) is 9.80 Å². The molecule has 0 saturated carbocycles. The maximum absolute atomic E-state index is 13.9. The van der Waals surface area contributed by atoms with Gasteiger partial charge in [0.25, 0.3) is 0 Å².